The molecule has 3 aromatic rings. The largest absolute Gasteiger partial charge is 0.497 e. The molecule has 0 unspecified atom stereocenters. The van der Waals surface area contributed by atoms with Crippen LogP contribution in [0.5, 0.6) is 5.75 Å². The van der Waals surface area contributed by atoms with Crippen molar-refractivity contribution in [3.63, 3.8) is 0 Å². The Hall–Kier alpha value is -2.84. The fraction of sp³-hybridized carbons (Fsp3) is 0.423. The fourth-order valence-electron chi connectivity index (χ4n) is 4.14. The number of carbonyl (C=O) groups excluding carboxylic acids is 1. The number of thioether (sulfide) groups is 1. The highest BCUT2D eigenvalue weighted by molar-refractivity contribution is 7.99. The summed E-state index contributed by atoms with van der Waals surface area (Å²) in [7, 11) is 1.66. The van der Waals surface area contributed by atoms with E-state index in [0.717, 1.165) is 66.3 Å². The lowest BCUT2D eigenvalue weighted by atomic mass is 10.1. The van der Waals surface area contributed by atoms with Crippen LogP contribution in [0, 0.1) is 0 Å². The van der Waals surface area contributed by atoms with E-state index in [1.54, 1.807) is 18.9 Å². The highest BCUT2D eigenvalue weighted by Gasteiger charge is 2.17. The molecule has 1 aliphatic rings. The van der Waals surface area contributed by atoms with E-state index in [-0.39, 0.29) is 5.91 Å². The maximum Gasteiger partial charge on any atom is 0.220 e. The number of benzene rings is 2. The third-order valence-electron chi connectivity index (χ3n) is 5.95. The van der Waals surface area contributed by atoms with Crippen molar-refractivity contribution in [2.75, 3.05) is 39.0 Å². The molecular weight excluding hydrogens is 446 g/mol. The topological polar surface area (TPSA) is 72.3 Å². The average Bonchev–Trinajstić information content (AvgIpc) is 3.32. The van der Waals surface area contributed by atoms with Crippen LogP contribution in [-0.2, 0) is 4.79 Å². The Morgan fingerprint density at radius 1 is 1.06 bits per heavy atom. The Morgan fingerprint density at radius 3 is 2.68 bits per heavy atom. The zero-order valence-corrected chi connectivity index (χ0v) is 20.6. The summed E-state index contributed by atoms with van der Waals surface area (Å²) in [6.07, 6.45) is 5.20. The second-order valence-electron chi connectivity index (χ2n) is 8.41. The normalized spacial score (nSPS) is 14.1. The number of hydrogen-bond acceptors (Lipinski definition) is 6. The fourth-order valence-corrected chi connectivity index (χ4v) is 5.03. The number of likely N-dealkylation sites (tertiary alicyclic amines) is 1. The number of amides is 1. The molecule has 7 nitrogen and oxygen atoms in total. The third kappa shape index (κ3) is 6.61. The van der Waals surface area contributed by atoms with Crippen LogP contribution in [0.25, 0.3) is 17.1 Å². The zero-order chi connectivity index (χ0) is 23.6. The molecule has 0 atom stereocenters. The molecule has 180 valence electrons. The molecule has 0 bridgehead atoms. The number of ether oxygens (including phenoxy) is 1. The molecule has 2 heterocycles. The zero-order valence-electron chi connectivity index (χ0n) is 19.8. The van der Waals surface area contributed by atoms with Gasteiger partial charge in [0.05, 0.1) is 7.11 Å². The first-order valence-electron chi connectivity index (χ1n) is 12.0. The second kappa shape index (κ2) is 12.6. The van der Waals surface area contributed by atoms with E-state index in [1.807, 2.05) is 54.6 Å². The van der Waals surface area contributed by atoms with E-state index < -0.39 is 0 Å². The molecule has 0 spiro atoms. The average molecular weight is 480 g/mol. The van der Waals surface area contributed by atoms with E-state index >= 15 is 0 Å². The standard InChI is InChI=1S/C26H33N5O2S/c1-33-23-13-8-10-21(20-23)25-28-29-26(31(25)22-11-4-2-5-12-22)34-19-9-14-24(32)27-15-18-30-16-6-3-7-17-30/h2,4-5,8,10-13,20H,3,6-7,9,14-19H2,1H3,(H,27,32). The molecule has 2 aromatic carbocycles. The predicted octanol–water partition coefficient (Wildman–Crippen LogP) is 4.42. The number of carbonyl (C=O) groups is 1. The molecule has 1 saturated heterocycles. The highest BCUT2D eigenvalue weighted by atomic mass is 32.2. The van der Waals surface area contributed by atoms with Crippen molar-refractivity contribution in [2.24, 2.45) is 0 Å². The van der Waals surface area contributed by atoms with Crippen molar-refractivity contribution >= 4 is 17.7 Å². The molecule has 1 aliphatic heterocycles. The van der Waals surface area contributed by atoms with Gasteiger partial charge in [0.25, 0.3) is 0 Å². The second-order valence-corrected chi connectivity index (χ2v) is 9.48. The Labute approximate surface area is 205 Å². The van der Waals surface area contributed by atoms with Gasteiger partial charge in [-0.25, -0.2) is 0 Å². The summed E-state index contributed by atoms with van der Waals surface area (Å²) in [6.45, 7) is 4.00. The number of nitrogens with zero attached hydrogens (tertiary/aromatic N) is 4. The first-order valence-corrected chi connectivity index (χ1v) is 13.0. The predicted molar refractivity (Wildman–Crippen MR) is 137 cm³/mol. The van der Waals surface area contributed by atoms with E-state index in [1.165, 1.54) is 19.3 Å². The molecule has 0 aliphatic carbocycles. The lowest BCUT2D eigenvalue weighted by Gasteiger charge is -2.26. The van der Waals surface area contributed by atoms with Crippen LogP contribution in [0.15, 0.2) is 59.8 Å². The Balaban J connectivity index is 1.33. The summed E-state index contributed by atoms with van der Waals surface area (Å²) in [6, 6.07) is 18.0. The van der Waals surface area contributed by atoms with Gasteiger partial charge in [-0.05, 0) is 56.6 Å². The summed E-state index contributed by atoms with van der Waals surface area (Å²) in [5, 5.41) is 12.8. The van der Waals surface area contributed by atoms with Gasteiger partial charge in [-0.2, -0.15) is 0 Å². The molecule has 8 heteroatoms. The lowest BCUT2D eigenvalue weighted by molar-refractivity contribution is -0.121. The molecular formula is C26H33N5O2S. The van der Waals surface area contributed by atoms with Crippen LogP contribution in [0.3, 0.4) is 0 Å². The highest BCUT2D eigenvalue weighted by Crippen LogP contribution is 2.30. The van der Waals surface area contributed by atoms with Gasteiger partial charge in [0.2, 0.25) is 5.91 Å². The van der Waals surface area contributed by atoms with Crippen LogP contribution >= 0.6 is 11.8 Å². The van der Waals surface area contributed by atoms with Gasteiger partial charge in [-0.15, -0.1) is 10.2 Å². The Kier molecular flexibility index (Phi) is 8.98. The van der Waals surface area contributed by atoms with E-state index in [9.17, 15) is 4.79 Å². The summed E-state index contributed by atoms with van der Waals surface area (Å²) >= 11 is 1.63. The number of aromatic nitrogens is 3. The quantitative estimate of drug-likeness (QED) is 0.324. The molecule has 0 saturated carbocycles. The van der Waals surface area contributed by atoms with Crippen molar-refractivity contribution in [3.05, 3.63) is 54.6 Å². The molecule has 1 N–H and O–H groups in total. The summed E-state index contributed by atoms with van der Waals surface area (Å²) in [5.41, 5.74) is 1.94. The molecule has 4 rings (SSSR count). The van der Waals surface area contributed by atoms with Crippen molar-refractivity contribution in [2.45, 2.75) is 37.3 Å². The lowest BCUT2D eigenvalue weighted by Crippen LogP contribution is -2.37. The number of piperidine rings is 1. The summed E-state index contributed by atoms with van der Waals surface area (Å²) in [4.78, 5) is 14.7. The first kappa shape index (κ1) is 24.3. The van der Waals surface area contributed by atoms with Crippen LogP contribution < -0.4 is 10.1 Å². The molecule has 0 radical (unpaired) electrons. The van der Waals surface area contributed by atoms with Gasteiger partial charge in [-0.1, -0.05) is 48.5 Å². The summed E-state index contributed by atoms with van der Waals surface area (Å²) < 4.78 is 7.46. The molecule has 1 fully saturated rings. The van der Waals surface area contributed by atoms with Crippen LogP contribution in [0.4, 0.5) is 0 Å². The minimum absolute atomic E-state index is 0.124. The van der Waals surface area contributed by atoms with Gasteiger partial charge in [-0.3, -0.25) is 9.36 Å². The number of hydrogen-bond donors (Lipinski definition) is 1. The van der Waals surface area contributed by atoms with Crippen molar-refractivity contribution in [3.8, 4) is 22.8 Å². The molecule has 34 heavy (non-hydrogen) atoms. The number of methoxy groups -OCH3 is 1. The number of nitrogens with one attached hydrogen (secondary N) is 1. The summed E-state index contributed by atoms with van der Waals surface area (Å²) in [5.74, 6) is 2.46. The monoisotopic (exact) mass is 479 g/mol. The van der Waals surface area contributed by atoms with Crippen LogP contribution in [0.1, 0.15) is 32.1 Å². The van der Waals surface area contributed by atoms with Crippen LogP contribution in [-0.4, -0.2) is 64.6 Å². The van der Waals surface area contributed by atoms with Gasteiger partial charge in [0, 0.05) is 36.5 Å². The van der Waals surface area contributed by atoms with Crippen molar-refractivity contribution in [1.82, 2.24) is 25.0 Å². The maximum absolute atomic E-state index is 12.3. The Bertz CT molecular complexity index is 1050. The minimum atomic E-state index is 0.124. The van der Waals surface area contributed by atoms with Gasteiger partial charge < -0.3 is 15.0 Å². The molecule has 1 amide bonds. The first-order chi connectivity index (χ1) is 16.7. The SMILES string of the molecule is COc1cccc(-c2nnc(SCCCC(=O)NCCN3CCCCC3)n2-c2ccccc2)c1. The molecule has 1 aromatic heterocycles. The number of rotatable bonds is 11. The van der Waals surface area contributed by atoms with Gasteiger partial charge in [0.1, 0.15) is 5.75 Å². The Morgan fingerprint density at radius 2 is 1.88 bits per heavy atom. The van der Waals surface area contributed by atoms with E-state index in [0.29, 0.717) is 6.42 Å². The third-order valence-corrected chi connectivity index (χ3v) is 6.97. The van der Waals surface area contributed by atoms with Gasteiger partial charge >= 0.3 is 0 Å². The maximum atomic E-state index is 12.3. The smallest absolute Gasteiger partial charge is 0.220 e. The minimum Gasteiger partial charge on any atom is -0.497 e. The van der Waals surface area contributed by atoms with E-state index in [2.05, 4.69) is 25.0 Å². The van der Waals surface area contributed by atoms with Gasteiger partial charge in [0.15, 0.2) is 11.0 Å². The van der Waals surface area contributed by atoms with Crippen molar-refractivity contribution in [1.29, 1.82) is 0 Å². The van der Waals surface area contributed by atoms with Crippen LogP contribution in [0.2, 0.25) is 0 Å². The number of para-hydroxylation sites is 1. The van der Waals surface area contributed by atoms with Crippen molar-refractivity contribution < 1.29 is 9.53 Å². The van der Waals surface area contributed by atoms with E-state index in [4.69, 9.17) is 4.74 Å².